The number of pyridine rings is 1. The van der Waals surface area contributed by atoms with E-state index in [1.165, 1.54) is 11.3 Å². The van der Waals surface area contributed by atoms with Gasteiger partial charge in [0.05, 0.1) is 37.2 Å². The molecule has 14 nitrogen and oxygen atoms in total. The molecule has 2 aliphatic heterocycles. The van der Waals surface area contributed by atoms with Gasteiger partial charge in [-0.25, -0.2) is 23.2 Å². The number of thiazole rings is 1. The maximum absolute atomic E-state index is 14.9. The Hall–Kier alpha value is -5.22. The maximum atomic E-state index is 14.9. The number of urea groups is 1. The monoisotopic (exact) mass is 870 g/mol. The maximum Gasteiger partial charge on any atom is 0.321 e. The number of hydrogen-bond acceptors (Lipinski definition) is 11. The summed E-state index contributed by atoms with van der Waals surface area (Å²) in [5.41, 5.74) is 2.53. The van der Waals surface area contributed by atoms with Crippen molar-refractivity contribution in [1.82, 2.24) is 29.8 Å². The van der Waals surface area contributed by atoms with Crippen molar-refractivity contribution in [1.29, 1.82) is 0 Å². The number of nitrogens with one attached hydrogen (secondary N) is 2. The number of carbonyl (C=O) groups excluding carboxylic acids is 3. The zero-order valence-electron chi connectivity index (χ0n) is 35.3. The van der Waals surface area contributed by atoms with Gasteiger partial charge in [-0.05, 0) is 81.2 Å². The molecule has 0 unspecified atom stereocenters. The van der Waals surface area contributed by atoms with Crippen molar-refractivity contribution in [3.05, 3.63) is 76.8 Å². The fourth-order valence-electron chi connectivity index (χ4n) is 8.34. The van der Waals surface area contributed by atoms with E-state index < -0.39 is 50.7 Å². The van der Waals surface area contributed by atoms with Crippen molar-refractivity contribution in [3.8, 4) is 28.0 Å². The molecule has 2 aromatic carbocycles. The van der Waals surface area contributed by atoms with Crippen molar-refractivity contribution >= 4 is 50.1 Å². The van der Waals surface area contributed by atoms with Crippen LogP contribution < -0.4 is 24.2 Å². The molecule has 4 amide bonds. The number of amides is 4. The number of fused-ring (bicyclic) bond motifs is 3. The first-order valence-electron chi connectivity index (χ1n) is 21.1. The van der Waals surface area contributed by atoms with Crippen LogP contribution in [0.3, 0.4) is 0 Å². The van der Waals surface area contributed by atoms with Gasteiger partial charge in [0.1, 0.15) is 45.6 Å². The third-order valence-corrected chi connectivity index (χ3v) is 14.9. The predicted octanol–water partition coefficient (Wildman–Crippen LogP) is 6.86. The van der Waals surface area contributed by atoms with Gasteiger partial charge >= 0.3 is 6.03 Å². The number of nitrogens with zero attached hydrogens (tertiary/aromatic N) is 4. The minimum absolute atomic E-state index is 0.0810. The van der Waals surface area contributed by atoms with Crippen molar-refractivity contribution < 1.29 is 37.0 Å². The number of methoxy groups -OCH3 is 2. The molecule has 324 valence electrons. The van der Waals surface area contributed by atoms with Gasteiger partial charge in [0.15, 0.2) is 0 Å². The molecule has 0 bridgehead atoms. The van der Waals surface area contributed by atoms with Crippen molar-refractivity contribution in [2.24, 2.45) is 5.92 Å². The van der Waals surface area contributed by atoms with Crippen LogP contribution in [-0.2, 0) is 26.2 Å². The summed E-state index contributed by atoms with van der Waals surface area (Å²) in [5, 5.41) is 5.88. The van der Waals surface area contributed by atoms with Crippen LogP contribution in [0.1, 0.15) is 88.0 Å². The summed E-state index contributed by atoms with van der Waals surface area (Å²) in [4.78, 5) is 56.8. The Morgan fingerprint density at radius 1 is 1.03 bits per heavy atom. The van der Waals surface area contributed by atoms with Crippen molar-refractivity contribution in [2.45, 2.75) is 108 Å². The quantitative estimate of drug-likeness (QED) is 0.152. The molecular formula is C45H54N6O8S2. The van der Waals surface area contributed by atoms with Crippen LogP contribution in [0.5, 0.6) is 17.2 Å². The van der Waals surface area contributed by atoms with Crippen molar-refractivity contribution in [3.63, 3.8) is 0 Å². The van der Waals surface area contributed by atoms with Gasteiger partial charge in [-0.2, -0.15) is 0 Å². The zero-order chi connectivity index (χ0) is 43.1. The van der Waals surface area contributed by atoms with E-state index in [2.05, 4.69) is 23.9 Å². The van der Waals surface area contributed by atoms with E-state index in [1.54, 1.807) is 24.0 Å². The molecule has 4 atom stereocenters. The minimum Gasteiger partial charge on any atom is -0.497 e. The van der Waals surface area contributed by atoms with Gasteiger partial charge in [-0.15, -0.1) is 11.3 Å². The number of sulfonamides is 1. The number of carbonyl (C=O) groups is 3. The highest BCUT2D eigenvalue weighted by atomic mass is 32.2. The summed E-state index contributed by atoms with van der Waals surface area (Å²) < 4.78 is 46.2. The molecular weight excluding hydrogens is 817 g/mol. The second-order valence-corrected chi connectivity index (χ2v) is 19.8. The highest BCUT2D eigenvalue weighted by Crippen LogP contribution is 2.46. The van der Waals surface area contributed by atoms with Crippen LogP contribution in [0.4, 0.5) is 4.79 Å². The SMILES string of the molecule is COc1ccc(CN2CCCCCC=C[C@@H]3C[C@@]3(C(=O)NS(=O)(=O)C3CC3)NC(=O)[C@@H]3C[C@@H](Oc4cc(-c5nc(C(C)C)cs5)nc5c(C)c(OC)ccc45)CN3C2=O)cc1. The van der Waals surface area contributed by atoms with E-state index >= 15 is 0 Å². The highest BCUT2D eigenvalue weighted by Gasteiger charge is 2.62. The van der Waals surface area contributed by atoms with Crippen LogP contribution in [-0.4, -0.2) is 96.3 Å². The second-order valence-electron chi connectivity index (χ2n) is 16.9. The van der Waals surface area contributed by atoms with E-state index in [0.29, 0.717) is 54.4 Å². The predicted molar refractivity (Wildman–Crippen MR) is 233 cm³/mol. The number of allylic oxidation sites excluding steroid dienone is 1. The van der Waals surface area contributed by atoms with Gasteiger partial charge in [-0.1, -0.05) is 44.6 Å². The smallest absolute Gasteiger partial charge is 0.321 e. The Balaban J connectivity index is 1.15. The van der Waals surface area contributed by atoms with Crippen LogP contribution in [0.15, 0.2) is 60.0 Å². The molecule has 16 heteroatoms. The molecule has 0 radical (unpaired) electrons. The molecule has 3 fully saturated rings. The van der Waals surface area contributed by atoms with Crippen LogP contribution in [0, 0.1) is 12.8 Å². The Bertz CT molecular complexity index is 2450. The first-order chi connectivity index (χ1) is 29.3. The molecule has 0 spiro atoms. The number of hydrogen-bond donors (Lipinski definition) is 2. The standard InChI is InChI=1S/C45H54N6O8S2/c1-27(2)36-26-60-42(47-36)35-22-39(34-18-19-38(58-5)28(3)40(34)46-35)59-32-21-37-41(52)48-45(43(53)49-61(55,56)33-16-17-33)23-30(45)11-9-7-6-8-10-20-50(44(54)51(37)25-32)24-29-12-14-31(57-4)15-13-29/h9,11-15,18-19,22,26-27,30,32-33,37H,6-8,10,16-17,20-21,23-25H2,1-5H3,(H,48,52)(H,49,53)/t30-,32-,37+,45-/m1/s1. The van der Waals surface area contributed by atoms with Crippen LogP contribution in [0.25, 0.3) is 21.6 Å². The molecule has 2 aliphatic carbocycles. The lowest BCUT2D eigenvalue weighted by Gasteiger charge is -2.32. The number of ether oxygens (including phenoxy) is 3. The molecule has 1 saturated heterocycles. The van der Waals surface area contributed by atoms with Gasteiger partial charge in [0.25, 0.3) is 5.91 Å². The molecule has 8 rings (SSSR count). The molecule has 4 heterocycles. The Morgan fingerprint density at radius 2 is 1.82 bits per heavy atom. The van der Waals surface area contributed by atoms with E-state index in [4.69, 9.17) is 24.2 Å². The molecule has 61 heavy (non-hydrogen) atoms. The van der Waals surface area contributed by atoms with Gasteiger partial charge in [0.2, 0.25) is 15.9 Å². The normalized spacial score (nSPS) is 23.5. The van der Waals surface area contributed by atoms with E-state index in [-0.39, 0.29) is 31.3 Å². The van der Waals surface area contributed by atoms with E-state index in [1.807, 2.05) is 66.9 Å². The van der Waals surface area contributed by atoms with Gasteiger partial charge in [-0.3, -0.25) is 14.3 Å². The summed E-state index contributed by atoms with van der Waals surface area (Å²) in [7, 11) is -0.665. The lowest BCUT2D eigenvalue weighted by molar-refractivity contribution is -0.131. The second kappa shape index (κ2) is 17.3. The summed E-state index contributed by atoms with van der Waals surface area (Å²) >= 11 is 1.50. The van der Waals surface area contributed by atoms with Gasteiger partial charge < -0.3 is 29.3 Å². The van der Waals surface area contributed by atoms with Gasteiger partial charge in [0, 0.05) is 47.8 Å². The Kier molecular flexibility index (Phi) is 12.0. The lowest BCUT2D eigenvalue weighted by atomic mass is 10.1. The summed E-state index contributed by atoms with van der Waals surface area (Å²) in [6.07, 6.45) is 7.85. The molecule has 2 saturated carbocycles. The summed E-state index contributed by atoms with van der Waals surface area (Å²) in [5.74, 6) is 0.440. The third-order valence-electron chi connectivity index (χ3n) is 12.2. The minimum atomic E-state index is -3.88. The first-order valence-corrected chi connectivity index (χ1v) is 23.6. The number of aromatic nitrogens is 2. The average molecular weight is 871 g/mol. The Morgan fingerprint density at radius 3 is 2.52 bits per heavy atom. The highest BCUT2D eigenvalue weighted by molar-refractivity contribution is 7.91. The molecule has 2 aromatic heterocycles. The van der Waals surface area contributed by atoms with E-state index in [0.717, 1.165) is 52.9 Å². The van der Waals surface area contributed by atoms with E-state index in [9.17, 15) is 22.8 Å². The zero-order valence-corrected chi connectivity index (χ0v) is 36.9. The Labute approximate surface area is 361 Å². The van der Waals surface area contributed by atoms with Crippen LogP contribution in [0.2, 0.25) is 0 Å². The summed E-state index contributed by atoms with van der Waals surface area (Å²) in [6, 6.07) is 11.8. The topological polar surface area (TPSA) is 169 Å². The molecule has 4 aliphatic rings. The fraction of sp³-hybridized carbons (Fsp3) is 0.489. The number of rotatable bonds is 11. The first kappa shape index (κ1) is 42.5. The average Bonchev–Trinajstić information content (AvgIpc) is 4.12. The third kappa shape index (κ3) is 8.92. The van der Waals surface area contributed by atoms with Crippen molar-refractivity contribution in [2.75, 3.05) is 27.3 Å². The number of benzene rings is 2. The fourth-order valence-corrected chi connectivity index (χ4v) is 10.6. The summed E-state index contributed by atoms with van der Waals surface area (Å²) in [6.45, 7) is 6.97. The largest absolute Gasteiger partial charge is 0.497 e. The number of aryl methyl sites for hydroxylation is 1. The molecule has 4 aromatic rings. The lowest BCUT2D eigenvalue weighted by Crippen LogP contribution is -2.57. The molecule has 2 N–H and O–H groups in total. The van der Waals surface area contributed by atoms with Crippen LogP contribution >= 0.6 is 11.3 Å².